The third kappa shape index (κ3) is 2.75. The van der Waals surface area contributed by atoms with Gasteiger partial charge in [-0.05, 0) is 37.7 Å². The number of fused-ring (bicyclic) bond motifs is 4. The van der Waals surface area contributed by atoms with Crippen molar-refractivity contribution in [3.05, 3.63) is 50.5 Å². The van der Waals surface area contributed by atoms with Crippen LogP contribution in [0.2, 0.25) is 0 Å². The lowest BCUT2D eigenvalue weighted by atomic mass is 9.62. The fourth-order valence-corrected chi connectivity index (χ4v) is 6.49. The van der Waals surface area contributed by atoms with Crippen molar-refractivity contribution in [3.63, 3.8) is 0 Å². The minimum atomic E-state index is -0.00619. The molecule has 1 heterocycles. The van der Waals surface area contributed by atoms with E-state index in [2.05, 4.69) is 29.2 Å². The van der Waals surface area contributed by atoms with Gasteiger partial charge in [0.15, 0.2) is 0 Å². The van der Waals surface area contributed by atoms with Crippen molar-refractivity contribution in [1.29, 1.82) is 0 Å². The van der Waals surface area contributed by atoms with E-state index < -0.39 is 0 Å². The van der Waals surface area contributed by atoms with Crippen LogP contribution < -0.4 is 5.69 Å². The molecule has 3 nitrogen and oxygen atoms in total. The third-order valence-electron chi connectivity index (χ3n) is 7.23. The van der Waals surface area contributed by atoms with Gasteiger partial charge in [-0.3, -0.25) is 4.57 Å². The van der Waals surface area contributed by atoms with Crippen molar-refractivity contribution in [2.75, 3.05) is 0 Å². The number of H-pyrrole nitrogens is 1. The van der Waals surface area contributed by atoms with Crippen LogP contribution >= 0.6 is 12.2 Å². The van der Waals surface area contributed by atoms with Crippen molar-refractivity contribution in [3.8, 4) is 11.3 Å². The van der Waals surface area contributed by atoms with E-state index in [0.717, 1.165) is 29.6 Å². The topological polar surface area (TPSA) is 37.8 Å². The lowest BCUT2D eigenvalue weighted by molar-refractivity contribution is 0.279. The SMILES string of the molecule is O=c1[nH]c2c(c(=S)n1C1CCCCC1)C1(CCCCC1)Cc1ccccc1-2. The number of nitrogens with one attached hydrogen (secondary N) is 1. The molecular weight excluding hydrogens is 352 g/mol. The minimum Gasteiger partial charge on any atom is -0.307 e. The van der Waals surface area contributed by atoms with Crippen molar-refractivity contribution in [2.24, 2.45) is 0 Å². The van der Waals surface area contributed by atoms with Crippen LogP contribution in [0.15, 0.2) is 29.1 Å². The molecule has 2 aromatic rings. The monoisotopic (exact) mass is 380 g/mol. The second-order valence-electron chi connectivity index (χ2n) is 8.82. The number of hydrogen-bond acceptors (Lipinski definition) is 2. The van der Waals surface area contributed by atoms with E-state index in [1.165, 1.54) is 68.1 Å². The summed E-state index contributed by atoms with van der Waals surface area (Å²) in [5.41, 5.74) is 4.95. The Hall–Kier alpha value is -1.68. The molecule has 0 bridgehead atoms. The molecule has 4 heteroatoms. The molecule has 2 fully saturated rings. The second kappa shape index (κ2) is 6.73. The molecule has 1 N–H and O–H groups in total. The molecule has 0 amide bonds. The summed E-state index contributed by atoms with van der Waals surface area (Å²) in [4.78, 5) is 16.4. The number of nitrogens with zero attached hydrogens (tertiary/aromatic N) is 1. The smallest absolute Gasteiger partial charge is 0.307 e. The van der Waals surface area contributed by atoms with Crippen molar-refractivity contribution in [1.82, 2.24) is 9.55 Å². The largest absolute Gasteiger partial charge is 0.327 e. The van der Waals surface area contributed by atoms with Crippen LogP contribution in [-0.4, -0.2) is 9.55 Å². The van der Waals surface area contributed by atoms with Crippen molar-refractivity contribution < 1.29 is 0 Å². The lowest BCUT2D eigenvalue weighted by Gasteiger charge is -2.43. The summed E-state index contributed by atoms with van der Waals surface area (Å²) in [7, 11) is 0. The number of aromatic amines is 1. The van der Waals surface area contributed by atoms with Gasteiger partial charge in [0.25, 0.3) is 0 Å². The van der Waals surface area contributed by atoms with Gasteiger partial charge in [0, 0.05) is 22.6 Å². The summed E-state index contributed by atoms with van der Waals surface area (Å²) in [6.07, 6.45) is 13.1. The molecule has 142 valence electrons. The molecule has 0 unspecified atom stereocenters. The van der Waals surface area contributed by atoms with Gasteiger partial charge in [0.1, 0.15) is 4.64 Å². The highest BCUT2D eigenvalue weighted by atomic mass is 32.1. The van der Waals surface area contributed by atoms with Gasteiger partial charge in [-0.25, -0.2) is 4.79 Å². The summed E-state index contributed by atoms with van der Waals surface area (Å²) in [5.74, 6) is 0. The zero-order valence-corrected chi connectivity index (χ0v) is 16.7. The van der Waals surface area contributed by atoms with Crippen molar-refractivity contribution in [2.45, 2.75) is 82.1 Å². The second-order valence-corrected chi connectivity index (χ2v) is 9.21. The van der Waals surface area contributed by atoms with Gasteiger partial charge in [-0.15, -0.1) is 0 Å². The molecule has 0 atom stereocenters. The van der Waals surface area contributed by atoms with Crippen LogP contribution in [0.25, 0.3) is 11.3 Å². The molecule has 0 aliphatic heterocycles. The lowest BCUT2D eigenvalue weighted by Crippen LogP contribution is -2.40. The summed E-state index contributed by atoms with van der Waals surface area (Å²) >= 11 is 6.07. The highest BCUT2D eigenvalue weighted by molar-refractivity contribution is 7.71. The maximum absolute atomic E-state index is 13.1. The summed E-state index contributed by atoms with van der Waals surface area (Å²) in [6.45, 7) is 0. The van der Waals surface area contributed by atoms with Gasteiger partial charge in [0.05, 0.1) is 5.69 Å². The standard InChI is InChI=1S/C23H28N2OS/c26-22-24-20-18-12-6-5-9-16(18)15-23(13-7-2-8-14-23)19(20)21(27)25(22)17-10-3-1-4-11-17/h5-6,9,12,17H,1-4,7-8,10-11,13-15H2,(H,24,26). The first kappa shape index (κ1) is 17.4. The van der Waals surface area contributed by atoms with E-state index in [1.807, 2.05) is 4.57 Å². The van der Waals surface area contributed by atoms with Gasteiger partial charge in [-0.2, -0.15) is 0 Å². The van der Waals surface area contributed by atoms with Crippen LogP contribution in [-0.2, 0) is 11.8 Å². The van der Waals surface area contributed by atoms with E-state index in [4.69, 9.17) is 12.2 Å². The van der Waals surface area contributed by atoms with E-state index in [0.29, 0.717) is 0 Å². The van der Waals surface area contributed by atoms with Crippen LogP contribution in [0.4, 0.5) is 0 Å². The molecule has 2 saturated carbocycles. The van der Waals surface area contributed by atoms with Gasteiger partial charge < -0.3 is 4.98 Å². The predicted molar refractivity (Wildman–Crippen MR) is 112 cm³/mol. The Balaban J connectivity index is 1.77. The number of aromatic nitrogens is 2. The third-order valence-corrected chi connectivity index (χ3v) is 7.63. The van der Waals surface area contributed by atoms with Crippen LogP contribution in [0.1, 0.15) is 81.4 Å². The number of hydrogen-bond donors (Lipinski definition) is 1. The zero-order valence-electron chi connectivity index (χ0n) is 15.9. The molecule has 3 aliphatic rings. The van der Waals surface area contributed by atoms with E-state index in [1.54, 1.807) is 0 Å². The van der Waals surface area contributed by atoms with Crippen LogP contribution in [0.3, 0.4) is 0 Å². The van der Waals surface area contributed by atoms with E-state index >= 15 is 0 Å². The van der Waals surface area contributed by atoms with Crippen molar-refractivity contribution >= 4 is 12.2 Å². The first-order valence-corrected chi connectivity index (χ1v) is 11.1. The van der Waals surface area contributed by atoms with Gasteiger partial charge in [-0.1, -0.05) is 75.0 Å². The average molecular weight is 381 g/mol. The first-order chi connectivity index (χ1) is 13.2. The summed E-state index contributed by atoms with van der Waals surface area (Å²) < 4.78 is 2.79. The first-order valence-electron chi connectivity index (χ1n) is 10.7. The molecule has 1 spiro atoms. The predicted octanol–water partition coefficient (Wildman–Crippen LogP) is 5.84. The maximum Gasteiger partial charge on any atom is 0.327 e. The summed E-state index contributed by atoms with van der Waals surface area (Å²) in [6, 6.07) is 8.86. The molecule has 1 aromatic carbocycles. The highest BCUT2D eigenvalue weighted by Gasteiger charge is 2.42. The Morgan fingerprint density at radius 1 is 1.00 bits per heavy atom. The van der Waals surface area contributed by atoms with E-state index in [-0.39, 0.29) is 17.1 Å². The quantitative estimate of drug-likeness (QED) is 0.632. The van der Waals surface area contributed by atoms with E-state index in [9.17, 15) is 4.79 Å². The highest BCUT2D eigenvalue weighted by Crippen LogP contribution is 2.50. The Bertz CT molecular complexity index is 975. The maximum atomic E-state index is 13.1. The number of rotatable bonds is 1. The zero-order chi connectivity index (χ0) is 18.4. The van der Waals surface area contributed by atoms with Crippen LogP contribution in [0, 0.1) is 4.64 Å². The molecule has 3 aliphatic carbocycles. The van der Waals surface area contributed by atoms with Gasteiger partial charge >= 0.3 is 5.69 Å². The minimum absolute atomic E-state index is 0.00619. The molecule has 0 radical (unpaired) electrons. The van der Waals surface area contributed by atoms with Crippen LogP contribution in [0.5, 0.6) is 0 Å². The number of benzene rings is 1. The molecule has 0 saturated heterocycles. The fourth-order valence-electron chi connectivity index (χ4n) is 5.94. The molecule has 5 rings (SSSR count). The molecule has 1 aromatic heterocycles. The normalized spacial score (nSPS) is 21.6. The average Bonchev–Trinajstić information content (AvgIpc) is 2.69. The summed E-state index contributed by atoms with van der Waals surface area (Å²) in [5, 5.41) is 0. The Labute approximate surface area is 165 Å². The molecular formula is C23H28N2OS. The molecule has 27 heavy (non-hydrogen) atoms. The Morgan fingerprint density at radius 3 is 2.48 bits per heavy atom. The Morgan fingerprint density at radius 2 is 1.70 bits per heavy atom. The fraction of sp³-hybridized carbons (Fsp3) is 0.565. The van der Waals surface area contributed by atoms with Gasteiger partial charge in [0.2, 0.25) is 0 Å². The Kier molecular flexibility index (Phi) is 4.34.